The van der Waals surface area contributed by atoms with Crippen LogP contribution in [0.4, 0.5) is 0 Å². The van der Waals surface area contributed by atoms with Gasteiger partial charge in [0.25, 0.3) is 0 Å². The van der Waals surface area contributed by atoms with Crippen LogP contribution in [0, 0.1) is 0 Å². The quantitative estimate of drug-likeness (QED) is 0.916. The van der Waals surface area contributed by atoms with Gasteiger partial charge < -0.3 is 10.5 Å². The number of nitrogens with two attached hydrogens (primary N) is 1. The lowest BCUT2D eigenvalue weighted by Gasteiger charge is -2.15. The molecule has 1 aliphatic rings. The molecule has 1 atom stereocenters. The highest BCUT2D eigenvalue weighted by atomic mass is 35.5. The first-order chi connectivity index (χ1) is 7.75. The van der Waals surface area contributed by atoms with Gasteiger partial charge in [0.1, 0.15) is 12.4 Å². The van der Waals surface area contributed by atoms with Crippen molar-refractivity contribution < 1.29 is 4.74 Å². The fourth-order valence-electron chi connectivity index (χ4n) is 1.91. The van der Waals surface area contributed by atoms with Crippen LogP contribution >= 0.6 is 24.0 Å². The van der Waals surface area contributed by atoms with Gasteiger partial charge in [-0.3, -0.25) is 4.90 Å². The normalized spacial score (nSPS) is 20.0. The van der Waals surface area contributed by atoms with Gasteiger partial charge in [0.15, 0.2) is 0 Å². The van der Waals surface area contributed by atoms with E-state index < -0.39 is 0 Å². The molecule has 2 N–H and O–H groups in total. The highest BCUT2D eigenvalue weighted by molar-refractivity contribution is 6.32. The minimum absolute atomic E-state index is 0. The molecule has 1 aromatic rings. The second-order valence-corrected chi connectivity index (χ2v) is 4.54. The van der Waals surface area contributed by atoms with Crippen LogP contribution in [0.2, 0.25) is 5.02 Å². The van der Waals surface area contributed by atoms with Crippen molar-refractivity contribution in [1.29, 1.82) is 0 Å². The van der Waals surface area contributed by atoms with Gasteiger partial charge in [-0.15, -0.1) is 12.4 Å². The molecular formula is C12H18Cl2N2O. The monoisotopic (exact) mass is 276 g/mol. The third-order valence-electron chi connectivity index (χ3n) is 2.81. The molecule has 0 saturated carbocycles. The first-order valence-electron chi connectivity index (χ1n) is 5.61. The number of nitrogens with zero attached hydrogens (tertiary/aromatic N) is 1. The summed E-state index contributed by atoms with van der Waals surface area (Å²) in [6, 6.07) is 7.88. The molecule has 2 rings (SSSR count). The summed E-state index contributed by atoms with van der Waals surface area (Å²) in [4.78, 5) is 2.32. The molecule has 0 aromatic heterocycles. The van der Waals surface area contributed by atoms with Gasteiger partial charge in [-0.25, -0.2) is 0 Å². The molecule has 0 radical (unpaired) electrons. The third-order valence-corrected chi connectivity index (χ3v) is 3.12. The summed E-state index contributed by atoms with van der Waals surface area (Å²) >= 11 is 5.98. The summed E-state index contributed by atoms with van der Waals surface area (Å²) in [7, 11) is 0. The number of likely N-dealkylation sites (tertiary alicyclic amines) is 1. The molecule has 0 spiro atoms. The minimum atomic E-state index is 0. The molecule has 0 unspecified atom stereocenters. The number of hydrogen-bond donors (Lipinski definition) is 1. The van der Waals surface area contributed by atoms with E-state index in [-0.39, 0.29) is 12.4 Å². The van der Waals surface area contributed by atoms with Gasteiger partial charge in [0.05, 0.1) is 5.02 Å². The van der Waals surface area contributed by atoms with E-state index in [2.05, 4.69) is 4.90 Å². The van der Waals surface area contributed by atoms with Crippen molar-refractivity contribution in [2.24, 2.45) is 5.73 Å². The predicted molar refractivity (Wildman–Crippen MR) is 73.2 cm³/mol. The Bertz CT molecular complexity index is 349. The van der Waals surface area contributed by atoms with E-state index in [1.54, 1.807) is 0 Å². The van der Waals surface area contributed by atoms with Crippen LogP contribution in [-0.4, -0.2) is 37.2 Å². The highest BCUT2D eigenvalue weighted by Crippen LogP contribution is 2.22. The summed E-state index contributed by atoms with van der Waals surface area (Å²) in [5.41, 5.74) is 5.83. The highest BCUT2D eigenvalue weighted by Gasteiger charge is 2.18. The van der Waals surface area contributed by atoms with Crippen LogP contribution < -0.4 is 10.5 Å². The molecule has 96 valence electrons. The van der Waals surface area contributed by atoms with Crippen molar-refractivity contribution in [2.45, 2.75) is 12.5 Å². The lowest BCUT2D eigenvalue weighted by atomic mass is 10.3. The number of para-hydroxylation sites is 1. The number of halogens is 2. The first-order valence-corrected chi connectivity index (χ1v) is 5.99. The fraction of sp³-hybridized carbons (Fsp3) is 0.500. The Morgan fingerprint density at radius 2 is 2.18 bits per heavy atom. The Balaban J connectivity index is 0.00000144. The summed E-state index contributed by atoms with van der Waals surface area (Å²) in [5.74, 6) is 0.757. The molecular weight excluding hydrogens is 259 g/mol. The maximum atomic E-state index is 5.98. The van der Waals surface area contributed by atoms with Crippen molar-refractivity contribution >= 4 is 24.0 Å². The zero-order valence-corrected chi connectivity index (χ0v) is 11.2. The second-order valence-electron chi connectivity index (χ2n) is 4.13. The Labute approximate surface area is 113 Å². The summed E-state index contributed by atoms with van der Waals surface area (Å²) in [6.45, 7) is 3.63. The average Bonchev–Trinajstić information content (AvgIpc) is 2.67. The Hall–Kier alpha value is -0.480. The van der Waals surface area contributed by atoms with Crippen LogP contribution in [0.15, 0.2) is 24.3 Å². The van der Waals surface area contributed by atoms with Crippen LogP contribution in [0.1, 0.15) is 6.42 Å². The number of benzene rings is 1. The van der Waals surface area contributed by atoms with E-state index in [4.69, 9.17) is 22.1 Å². The van der Waals surface area contributed by atoms with Crippen molar-refractivity contribution in [3.8, 4) is 5.75 Å². The third kappa shape index (κ3) is 4.36. The molecule has 5 heteroatoms. The molecule has 1 fully saturated rings. The van der Waals surface area contributed by atoms with E-state index in [1.807, 2.05) is 24.3 Å². The van der Waals surface area contributed by atoms with Gasteiger partial charge in [-0.1, -0.05) is 23.7 Å². The van der Waals surface area contributed by atoms with Crippen LogP contribution in [0.25, 0.3) is 0 Å². The molecule has 0 aliphatic carbocycles. The summed E-state index contributed by atoms with van der Waals surface area (Å²) in [6.07, 6.45) is 1.09. The molecule has 1 heterocycles. The molecule has 3 nitrogen and oxygen atoms in total. The first kappa shape index (κ1) is 14.6. The van der Waals surface area contributed by atoms with E-state index >= 15 is 0 Å². The van der Waals surface area contributed by atoms with Crippen molar-refractivity contribution in [3.63, 3.8) is 0 Å². The van der Waals surface area contributed by atoms with Crippen molar-refractivity contribution in [2.75, 3.05) is 26.2 Å². The van der Waals surface area contributed by atoms with Gasteiger partial charge in [-0.05, 0) is 25.1 Å². The largest absolute Gasteiger partial charge is 0.491 e. The zero-order valence-electron chi connectivity index (χ0n) is 9.64. The molecule has 0 bridgehead atoms. The molecule has 17 heavy (non-hydrogen) atoms. The standard InChI is InChI=1S/C12H17ClN2O.ClH/c13-11-3-1-2-4-12(11)16-8-7-15-6-5-10(14)9-15;/h1-4,10H,5-9,14H2;1H/t10-;/m0./s1. The van der Waals surface area contributed by atoms with Crippen LogP contribution in [0.3, 0.4) is 0 Å². The van der Waals surface area contributed by atoms with E-state index in [1.165, 1.54) is 0 Å². The Morgan fingerprint density at radius 3 is 2.82 bits per heavy atom. The minimum Gasteiger partial charge on any atom is -0.491 e. The summed E-state index contributed by atoms with van der Waals surface area (Å²) < 4.78 is 5.62. The van der Waals surface area contributed by atoms with Crippen molar-refractivity contribution in [1.82, 2.24) is 4.90 Å². The maximum Gasteiger partial charge on any atom is 0.137 e. The van der Waals surface area contributed by atoms with Gasteiger partial charge >= 0.3 is 0 Å². The topological polar surface area (TPSA) is 38.5 Å². The fourth-order valence-corrected chi connectivity index (χ4v) is 2.10. The Kier molecular flexibility index (Phi) is 6.06. The average molecular weight is 277 g/mol. The number of hydrogen-bond acceptors (Lipinski definition) is 3. The Morgan fingerprint density at radius 1 is 1.41 bits per heavy atom. The zero-order chi connectivity index (χ0) is 11.4. The number of rotatable bonds is 4. The van der Waals surface area contributed by atoms with Gasteiger partial charge in [-0.2, -0.15) is 0 Å². The van der Waals surface area contributed by atoms with Gasteiger partial charge in [0, 0.05) is 19.1 Å². The SMILES string of the molecule is Cl.N[C@H]1CCN(CCOc2ccccc2Cl)C1. The second kappa shape index (κ2) is 7.07. The predicted octanol–water partition coefficient (Wildman–Crippen LogP) is 2.17. The number of ether oxygens (including phenoxy) is 1. The lowest BCUT2D eigenvalue weighted by Crippen LogP contribution is -2.29. The molecule has 1 aromatic carbocycles. The van der Waals surface area contributed by atoms with Gasteiger partial charge in [0.2, 0.25) is 0 Å². The van der Waals surface area contributed by atoms with E-state index in [9.17, 15) is 0 Å². The van der Waals surface area contributed by atoms with Crippen LogP contribution in [-0.2, 0) is 0 Å². The maximum absolute atomic E-state index is 5.98. The lowest BCUT2D eigenvalue weighted by molar-refractivity contribution is 0.236. The molecule has 0 amide bonds. The molecule has 1 aliphatic heterocycles. The van der Waals surface area contributed by atoms with E-state index in [0.717, 1.165) is 31.8 Å². The van der Waals surface area contributed by atoms with E-state index in [0.29, 0.717) is 17.7 Å². The summed E-state index contributed by atoms with van der Waals surface area (Å²) in [5, 5.41) is 0.667. The molecule has 1 saturated heterocycles. The smallest absolute Gasteiger partial charge is 0.137 e. The van der Waals surface area contributed by atoms with Crippen LogP contribution in [0.5, 0.6) is 5.75 Å². The van der Waals surface area contributed by atoms with Crippen molar-refractivity contribution in [3.05, 3.63) is 29.3 Å².